The fourth-order valence-corrected chi connectivity index (χ4v) is 1.07. The molecule has 0 radical (unpaired) electrons. The van der Waals surface area contributed by atoms with Gasteiger partial charge in [0.25, 0.3) is 12.1 Å². The molecule has 0 aliphatic carbocycles. The summed E-state index contributed by atoms with van der Waals surface area (Å²) in [5, 5.41) is 10.5. The van der Waals surface area contributed by atoms with Gasteiger partial charge in [0.1, 0.15) is 0 Å². The molecule has 92 valence electrons. The fourth-order valence-electron chi connectivity index (χ4n) is 1.07. The van der Waals surface area contributed by atoms with E-state index < -0.39 is 40.2 Å². The molecule has 0 bridgehead atoms. The Bertz CT molecular complexity index is 478. The maximum Gasteiger partial charge on any atom is 0.357 e. The average Bonchev–Trinajstić information content (AvgIpc) is 2.26. The molecule has 0 unspecified atom stereocenters. The Morgan fingerprint density at radius 3 is 2.59 bits per heavy atom. The second-order valence-electron chi connectivity index (χ2n) is 2.78. The number of carbonyl (C=O) groups excluding carboxylic acids is 1. The Kier molecular flexibility index (Phi) is 3.61. The van der Waals surface area contributed by atoms with Crippen molar-refractivity contribution in [2.75, 3.05) is 7.11 Å². The zero-order valence-electron chi connectivity index (χ0n) is 8.32. The van der Waals surface area contributed by atoms with Crippen molar-refractivity contribution in [3.8, 4) is 0 Å². The van der Waals surface area contributed by atoms with Crippen LogP contribution in [0.25, 0.3) is 0 Å². The molecule has 1 heterocycles. The number of ether oxygens (including phenoxy) is 1. The van der Waals surface area contributed by atoms with Gasteiger partial charge in [-0.1, -0.05) is 0 Å². The van der Waals surface area contributed by atoms with Gasteiger partial charge in [0, 0.05) is 6.07 Å². The van der Waals surface area contributed by atoms with Crippen LogP contribution in [0, 0.1) is 16.1 Å². The van der Waals surface area contributed by atoms with Crippen molar-refractivity contribution in [3.63, 3.8) is 0 Å². The molecule has 1 aromatic heterocycles. The van der Waals surface area contributed by atoms with E-state index in [9.17, 15) is 28.1 Å². The topological polar surface area (TPSA) is 82.3 Å². The number of aromatic nitrogens is 1. The molecule has 0 saturated heterocycles. The number of hydrogen-bond acceptors (Lipinski definition) is 5. The summed E-state index contributed by atoms with van der Waals surface area (Å²) in [6, 6.07) is 0.441. The Balaban J connectivity index is 3.46. The Morgan fingerprint density at radius 1 is 1.59 bits per heavy atom. The lowest BCUT2D eigenvalue weighted by Crippen LogP contribution is -2.10. The van der Waals surface area contributed by atoms with Crippen LogP contribution in [-0.4, -0.2) is 23.0 Å². The van der Waals surface area contributed by atoms with Crippen molar-refractivity contribution in [3.05, 3.63) is 33.4 Å². The normalized spacial score (nSPS) is 10.4. The van der Waals surface area contributed by atoms with Crippen LogP contribution in [0.5, 0.6) is 0 Å². The number of carbonyl (C=O) groups is 1. The third-order valence-electron chi connectivity index (χ3n) is 1.80. The van der Waals surface area contributed by atoms with E-state index in [4.69, 9.17) is 0 Å². The minimum Gasteiger partial charge on any atom is -0.464 e. The van der Waals surface area contributed by atoms with Crippen LogP contribution < -0.4 is 0 Å². The van der Waals surface area contributed by atoms with Gasteiger partial charge in [0.05, 0.1) is 12.0 Å². The quantitative estimate of drug-likeness (QED) is 0.354. The van der Waals surface area contributed by atoms with Crippen molar-refractivity contribution in [1.82, 2.24) is 4.98 Å². The molecule has 0 aromatic carbocycles. The summed E-state index contributed by atoms with van der Waals surface area (Å²) in [4.78, 5) is 23.1. The summed E-state index contributed by atoms with van der Waals surface area (Å²) in [7, 11) is 0.939. The van der Waals surface area contributed by atoms with Gasteiger partial charge in [-0.2, -0.15) is 4.39 Å². The fraction of sp³-hybridized carbons (Fsp3) is 0.250. The maximum atomic E-state index is 13.1. The van der Waals surface area contributed by atoms with Gasteiger partial charge in [-0.05, 0) is 0 Å². The molecular formula is C8H5F3N2O4. The van der Waals surface area contributed by atoms with Crippen molar-refractivity contribution in [2.45, 2.75) is 6.43 Å². The summed E-state index contributed by atoms with van der Waals surface area (Å²) in [5.74, 6) is -2.93. The van der Waals surface area contributed by atoms with Gasteiger partial charge in [-0.25, -0.2) is 18.6 Å². The van der Waals surface area contributed by atoms with Crippen LogP contribution in [0.4, 0.5) is 18.9 Å². The van der Waals surface area contributed by atoms with Crippen LogP contribution in [0.1, 0.15) is 22.5 Å². The highest BCUT2D eigenvalue weighted by Gasteiger charge is 2.30. The predicted molar refractivity (Wildman–Crippen MR) is 47.1 cm³/mol. The number of hydrogen-bond donors (Lipinski definition) is 0. The van der Waals surface area contributed by atoms with E-state index in [0.29, 0.717) is 6.07 Å². The first-order valence-electron chi connectivity index (χ1n) is 4.09. The number of rotatable bonds is 3. The van der Waals surface area contributed by atoms with Crippen LogP contribution >= 0.6 is 0 Å². The molecule has 0 spiro atoms. The van der Waals surface area contributed by atoms with E-state index in [2.05, 4.69) is 9.72 Å². The maximum absolute atomic E-state index is 13.1. The van der Waals surface area contributed by atoms with E-state index in [-0.39, 0.29) is 0 Å². The third kappa shape index (κ3) is 2.49. The van der Waals surface area contributed by atoms with Crippen molar-refractivity contribution in [1.29, 1.82) is 0 Å². The zero-order valence-corrected chi connectivity index (χ0v) is 8.32. The molecule has 0 aliphatic heterocycles. The molecule has 0 atom stereocenters. The van der Waals surface area contributed by atoms with Crippen LogP contribution in [0.15, 0.2) is 6.07 Å². The lowest BCUT2D eigenvalue weighted by atomic mass is 10.2. The lowest BCUT2D eigenvalue weighted by Gasteiger charge is -2.04. The number of nitro groups is 1. The number of halogens is 3. The first-order valence-corrected chi connectivity index (χ1v) is 4.09. The van der Waals surface area contributed by atoms with Crippen LogP contribution in [0.2, 0.25) is 0 Å². The van der Waals surface area contributed by atoms with Gasteiger partial charge >= 0.3 is 5.97 Å². The average molecular weight is 250 g/mol. The molecule has 0 aliphatic rings. The highest BCUT2D eigenvalue weighted by molar-refractivity contribution is 5.88. The smallest absolute Gasteiger partial charge is 0.357 e. The van der Waals surface area contributed by atoms with Crippen molar-refractivity contribution < 1.29 is 27.6 Å². The third-order valence-corrected chi connectivity index (χ3v) is 1.80. The largest absolute Gasteiger partial charge is 0.464 e. The van der Waals surface area contributed by atoms with Gasteiger partial charge < -0.3 is 4.74 Å². The van der Waals surface area contributed by atoms with E-state index in [1.807, 2.05) is 0 Å². The minimum absolute atomic E-state index is 0.441. The summed E-state index contributed by atoms with van der Waals surface area (Å²) in [6.45, 7) is 0. The SMILES string of the molecule is COC(=O)c1cc([N+](=O)[O-])c(C(F)F)c(F)n1. The second kappa shape index (κ2) is 4.76. The summed E-state index contributed by atoms with van der Waals surface area (Å²) < 4.78 is 42.0. The van der Waals surface area contributed by atoms with Crippen LogP contribution in [-0.2, 0) is 4.74 Å². The standard InChI is InChI=1S/C8H5F3N2O4/c1-17-8(14)3-2-4(13(15)16)5(6(9)10)7(11)12-3/h2,6H,1H3. The Labute approximate surface area is 92.2 Å². The highest BCUT2D eigenvalue weighted by atomic mass is 19.3. The first kappa shape index (κ1) is 12.9. The summed E-state index contributed by atoms with van der Waals surface area (Å²) >= 11 is 0. The molecule has 0 fully saturated rings. The van der Waals surface area contributed by atoms with Crippen molar-refractivity contribution in [2.24, 2.45) is 0 Å². The first-order chi connectivity index (χ1) is 7.88. The van der Waals surface area contributed by atoms with Gasteiger partial charge in [-0.15, -0.1) is 0 Å². The highest BCUT2D eigenvalue weighted by Crippen LogP contribution is 2.31. The number of alkyl halides is 2. The predicted octanol–water partition coefficient (Wildman–Crippen LogP) is 1.85. The zero-order chi connectivity index (χ0) is 13.2. The molecular weight excluding hydrogens is 245 g/mol. The number of pyridine rings is 1. The molecule has 1 aromatic rings. The van der Waals surface area contributed by atoms with Gasteiger partial charge in [0.2, 0.25) is 5.95 Å². The number of nitrogens with zero attached hydrogens (tertiary/aromatic N) is 2. The van der Waals surface area contributed by atoms with Crippen molar-refractivity contribution >= 4 is 11.7 Å². The van der Waals surface area contributed by atoms with E-state index >= 15 is 0 Å². The summed E-state index contributed by atoms with van der Waals surface area (Å²) in [6.07, 6.45) is -3.41. The van der Waals surface area contributed by atoms with Gasteiger partial charge in [0.15, 0.2) is 11.3 Å². The minimum atomic E-state index is -3.41. The monoisotopic (exact) mass is 250 g/mol. The molecule has 9 heteroatoms. The van der Waals surface area contributed by atoms with E-state index in [1.54, 1.807) is 0 Å². The van der Waals surface area contributed by atoms with Crippen LogP contribution in [0.3, 0.4) is 0 Å². The molecule has 0 N–H and O–H groups in total. The molecule has 1 rings (SSSR count). The number of methoxy groups -OCH3 is 1. The van der Waals surface area contributed by atoms with Gasteiger partial charge in [-0.3, -0.25) is 10.1 Å². The molecule has 0 amide bonds. The summed E-state index contributed by atoms with van der Waals surface area (Å²) in [5.41, 5.74) is -3.42. The Morgan fingerprint density at radius 2 is 2.18 bits per heavy atom. The van der Waals surface area contributed by atoms with E-state index in [0.717, 1.165) is 7.11 Å². The number of esters is 1. The Hall–Kier alpha value is -2.19. The molecule has 6 nitrogen and oxygen atoms in total. The lowest BCUT2D eigenvalue weighted by molar-refractivity contribution is -0.386. The van der Waals surface area contributed by atoms with E-state index in [1.165, 1.54) is 0 Å². The molecule has 17 heavy (non-hydrogen) atoms. The molecule has 0 saturated carbocycles. The second-order valence-corrected chi connectivity index (χ2v) is 2.78.